The fourth-order valence-corrected chi connectivity index (χ4v) is 4.50. The summed E-state index contributed by atoms with van der Waals surface area (Å²) in [5, 5.41) is 19.1. The Bertz CT molecular complexity index is 1690. The predicted octanol–water partition coefficient (Wildman–Crippen LogP) is 7.15. The molecule has 0 aliphatic heterocycles. The van der Waals surface area contributed by atoms with Crippen LogP contribution in [0.3, 0.4) is 0 Å². The summed E-state index contributed by atoms with van der Waals surface area (Å²) in [6.07, 6.45) is -3.90. The third kappa shape index (κ3) is 7.12. The molecule has 3 aromatic carbocycles. The predicted molar refractivity (Wildman–Crippen MR) is 155 cm³/mol. The molecule has 0 aliphatic rings. The zero-order chi connectivity index (χ0) is 30.4. The molecule has 0 bridgehead atoms. The number of benzene rings is 3. The Morgan fingerprint density at radius 2 is 1.67 bits per heavy atom. The number of hydrogen-bond acceptors (Lipinski definition) is 6. The largest absolute Gasteiger partial charge is 0.416 e. The molecule has 13 heteroatoms. The number of halogens is 4. The monoisotopic (exact) mass is 590 g/mol. The number of nitrogens with one attached hydrogen (secondary N) is 3. The lowest BCUT2D eigenvalue weighted by molar-refractivity contribution is -0.137. The van der Waals surface area contributed by atoms with Gasteiger partial charge in [-0.25, -0.2) is 19.3 Å². The second-order valence-electron chi connectivity index (χ2n) is 9.57. The lowest BCUT2D eigenvalue weighted by atomic mass is 10.0. The Labute approximate surface area is 244 Å². The van der Waals surface area contributed by atoms with E-state index in [1.165, 1.54) is 0 Å². The van der Waals surface area contributed by atoms with Gasteiger partial charge in [0.25, 0.3) is 0 Å². The highest BCUT2D eigenvalue weighted by Crippen LogP contribution is 2.34. The molecule has 3 N–H and O–H groups in total. The molecular formula is C30H26F4N8O. The molecule has 0 fully saturated rings. The average molecular weight is 591 g/mol. The Balaban J connectivity index is 1.51. The number of H-pyrrole nitrogens is 1. The van der Waals surface area contributed by atoms with E-state index in [2.05, 4.69) is 36.2 Å². The number of carbonyl (C=O) groups excluding carboxylic acids is 1. The summed E-state index contributed by atoms with van der Waals surface area (Å²) in [6, 6.07) is 21.5. The minimum atomic E-state index is -4.71. The van der Waals surface area contributed by atoms with Gasteiger partial charge in [-0.2, -0.15) is 13.2 Å². The fourth-order valence-electron chi connectivity index (χ4n) is 4.50. The number of nitrogens with zero attached hydrogens (tertiary/aromatic N) is 5. The zero-order valence-corrected chi connectivity index (χ0v) is 22.9. The first kappa shape index (κ1) is 29.2. The highest BCUT2D eigenvalue weighted by atomic mass is 19.4. The molecule has 0 atom stereocenters. The fraction of sp³-hybridized carbons (Fsp3) is 0.167. The van der Waals surface area contributed by atoms with Gasteiger partial charge < -0.3 is 15.5 Å². The molecule has 2 aromatic heterocycles. The van der Waals surface area contributed by atoms with Crippen LogP contribution in [0.5, 0.6) is 0 Å². The minimum absolute atomic E-state index is 0.324. The van der Waals surface area contributed by atoms with Gasteiger partial charge in [0.1, 0.15) is 11.6 Å². The molecule has 5 rings (SSSR count). The van der Waals surface area contributed by atoms with Gasteiger partial charge in [0.15, 0.2) is 5.82 Å². The number of anilines is 3. The van der Waals surface area contributed by atoms with Gasteiger partial charge in [-0.3, -0.25) is 0 Å². The number of urea groups is 1. The van der Waals surface area contributed by atoms with Crippen LogP contribution in [-0.4, -0.2) is 38.2 Å². The number of rotatable bonds is 9. The first-order chi connectivity index (χ1) is 20.7. The van der Waals surface area contributed by atoms with Crippen molar-refractivity contribution in [2.75, 3.05) is 22.1 Å². The van der Waals surface area contributed by atoms with Gasteiger partial charge in [0.2, 0.25) is 0 Å². The molecule has 0 saturated heterocycles. The van der Waals surface area contributed by atoms with E-state index in [1.54, 1.807) is 12.1 Å². The molecule has 0 unspecified atom stereocenters. The van der Waals surface area contributed by atoms with Crippen LogP contribution in [-0.2, 0) is 12.7 Å². The Morgan fingerprint density at radius 1 is 0.930 bits per heavy atom. The standard InChI is InChI=1S/C30H26F4N8O/c1-2-14-42(18-19-8-4-3-5-9-19)27-17-21(35-29(43)37-25-13-12-20(15-24(25)31)30(32,33)34)16-26(36-27)22-10-6-7-11-23(22)28-38-40-41-39-28/h3-13,15-17H,2,14,18H2,1H3,(H2,35,36,37,43)(H,38,39,40,41). The van der Waals surface area contributed by atoms with Crippen LogP contribution in [0, 0.1) is 5.82 Å². The number of aromatic nitrogens is 5. The van der Waals surface area contributed by atoms with E-state index in [0.717, 1.165) is 18.1 Å². The van der Waals surface area contributed by atoms with Crippen LogP contribution >= 0.6 is 0 Å². The summed E-state index contributed by atoms with van der Waals surface area (Å²) in [5.41, 5.74) is 1.66. The van der Waals surface area contributed by atoms with Gasteiger partial charge in [0, 0.05) is 36.0 Å². The molecule has 2 heterocycles. The van der Waals surface area contributed by atoms with Gasteiger partial charge in [-0.05, 0) is 46.7 Å². The number of aromatic amines is 1. The Hall–Kier alpha value is -5.33. The van der Waals surface area contributed by atoms with Crippen LogP contribution in [0.2, 0.25) is 0 Å². The molecule has 5 aromatic rings. The van der Waals surface area contributed by atoms with Crippen LogP contribution < -0.4 is 15.5 Å². The molecule has 2 amide bonds. The van der Waals surface area contributed by atoms with Crippen molar-refractivity contribution >= 4 is 23.2 Å². The first-order valence-electron chi connectivity index (χ1n) is 13.3. The van der Waals surface area contributed by atoms with Gasteiger partial charge in [-0.1, -0.05) is 61.5 Å². The van der Waals surface area contributed by atoms with Gasteiger partial charge in [-0.15, -0.1) is 5.10 Å². The highest BCUT2D eigenvalue weighted by Gasteiger charge is 2.31. The number of tetrazole rings is 1. The maximum Gasteiger partial charge on any atom is 0.416 e. The zero-order valence-electron chi connectivity index (χ0n) is 22.9. The quantitative estimate of drug-likeness (QED) is 0.157. The van der Waals surface area contributed by atoms with Crippen molar-refractivity contribution in [2.24, 2.45) is 0 Å². The lowest BCUT2D eigenvalue weighted by Crippen LogP contribution is -2.25. The second kappa shape index (κ2) is 12.7. The van der Waals surface area contributed by atoms with Crippen molar-refractivity contribution in [3.8, 4) is 22.6 Å². The summed E-state index contributed by atoms with van der Waals surface area (Å²) in [6.45, 7) is 3.24. The van der Waals surface area contributed by atoms with Crippen LogP contribution in [0.15, 0.2) is 84.9 Å². The van der Waals surface area contributed by atoms with Crippen LogP contribution in [0.4, 0.5) is 39.5 Å². The van der Waals surface area contributed by atoms with E-state index in [0.29, 0.717) is 59.4 Å². The molecule has 43 heavy (non-hydrogen) atoms. The van der Waals surface area contributed by atoms with E-state index >= 15 is 0 Å². The van der Waals surface area contributed by atoms with Crippen molar-refractivity contribution in [3.63, 3.8) is 0 Å². The van der Waals surface area contributed by atoms with Crippen molar-refractivity contribution in [2.45, 2.75) is 26.1 Å². The molecule has 9 nitrogen and oxygen atoms in total. The van der Waals surface area contributed by atoms with E-state index in [1.807, 2.05) is 61.5 Å². The number of carbonyl (C=O) groups is 1. The average Bonchev–Trinajstić information content (AvgIpc) is 3.53. The van der Waals surface area contributed by atoms with Gasteiger partial charge in [0.05, 0.1) is 16.9 Å². The highest BCUT2D eigenvalue weighted by molar-refractivity contribution is 6.00. The second-order valence-corrected chi connectivity index (χ2v) is 9.57. The maximum atomic E-state index is 14.4. The number of pyridine rings is 1. The molecule has 0 spiro atoms. The van der Waals surface area contributed by atoms with E-state index in [-0.39, 0.29) is 0 Å². The van der Waals surface area contributed by atoms with Gasteiger partial charge >= 0.3 is 12.2 Å². The SMILES string of the molecule is CCCN(Cc1ccccc1)c1cc(NC(=O)Nc2ccc(C(F)(F)F)cc2F)cc(-c2ccccc2-c2nnn[nH]2)n1. The maximum absolute atomic E-state index is 14.4. The summed E-state index contributed by atoms with van der Waals surface area (Å²) in [5.74, 6) is -0.236. The summed E-state index contributed by atoms with van der Waals surface area (Å²) < 4.78 is 53.3. The lowest BCUT2D eigenvalue weighted by Gasteiger charge is -2.25. The molecule has 0 aliphatic carbocycles. The van der Waals surface area contributed by atoms with Crippen molar-refractivity contribution in [1.82, 2.24) is 25.6 Å². The number of amides is 2. The topological polar surface area (TPSA) is 112 Å². The smallest absolute Gasteiger partial charge is 0.352 e. The number of hydrogen-bond donors (Lipinski definition) is 3. The third-order valence-electron chi connectivity index (χ3n) is 6.45. The minimum Gasteiger partial charge on any atom is -0.352 e. The Kier molecular flexibility index (Phi) is 8.60. The first-order valence-corrected chi connectivity index (χ1v) is 13.3. The number of alkyl halides is 3. The normalized spacial score (nSPS) is 11.3. The van der Waals surface area contributed by atoms with E-state index in [9.17, 15) is 22.4 Å². The van der Waals surface area contributed by atoms with Crippen molar-refractivity contribution in [1.29, 1.82) is 0 Å². The molecule has 220 valence electrons. The van der Waals surface area contributed by atoms with E-state index in [4.69, 9.17) is 4.98 Å². The molecule has 0 radical (unpaired) electrons. The summed E-state index contributed by atoms with van der Waals surface area (Å²) in [4.78, 5) is 19.9. The summed E-state index contributed by atoms with van der Waals surface area (Å²) >= 11 is 0. The Morgan fingerprint density at radius 3 is 2.35 bits per heavy atom. The molecular weight excluding hydrogens is 564 g/mol. The van der Waals surface area contributed by atoms with Crippen LogP contribution in [0.1, 0.15) is 24.5 Å². The van der Waals surface area contributed by atoms with Crippen molar-refractivity contribution < 1.29 is 22.4 Å². The molecule has 0 saturated carbocycles. The summed E-state index contributed by atoms with van der Waals surface area (Å²) in [7, 11) is 0. The van der Waals surface area contributed by atoms with Crippen molar-refractivity contribution in [3.05, 3.63) is 102 Å². The third-order valence-corrected chi connectivity index (χ3v) is 6.45. The van der Waals surface area contributed by atoms with Crippen LogP contribution in [0.25, 0.3) is 22.6 Å². The van der Waals surface area contributed by atoms with E-state index < -0.39 is 29.3 Å².